The first-order valence-electron chi connectivity index (χ1n) is 14.8. The minimum absolute atomic E-state index is 0.0486. The Labute approximate surface area is 270 Å². The number of amides is 1. The highest BCUT2D eigenvalue weighted by Gasteiger charge is 2.29. The zero-order valence-electron chi connectivity index (χ0n) is 27.4. The number of aryl methyl sites for hydroxylation is 2. The summed E-state index contributed by atoms with van der Waals surface area (Å²) in [6, 6.07) is 3.39. The van der Waals surface area contributed by atoms with E-state index >= 15 is 0 Å². The van der Waals surface area contributed by atoms with Gasteiger partial charge in [-0.3, -0.25) is 9.79 Å². The summed E-state index contributed by atoms with van der Waals surface area (Å²) in [6.07, 6.45) is 1.15. The van der Waals surface area contributed by atoms with Gasteiger partial charge in [0.1, 0.15) is 18.0 Å². The molecule has 0 bridgehead atoms. The number of fused-ring (bicyclic) bond motifs is 2. The van der Waals surface area contributed by atoms with Gasteiger partial charge in [0.05, 0.1) is 19.8 Å². The number of rotatable bonds is 7. The monoisotopic (exact) mass is 646 g/mol. The van der Waals surface area contributed by atoms with Gasteiger partial charge < -0.3 is 40.1 Å². The number of carbonyl (C=O) groups is 2. The van der Waals surface area contributed by atoms with Crippen LogP contribution in [0.15, 0.2) is 22.1 Å². The van der Waals surface area contributed by atoms with Crippen LogP contribution in [0.25, 0.3) is 32.7 Å². The highest BCUT2D eigenvalue weighted by atomic mass is 16.5. The molecule has 0 aliphatic heterocycles. The molecule has 0 aliphatic carbocycles. The average Bonchev–Trinajstić information content (AvgIpc) is 3.00. The third kappa shape index (κ3) is 5.82. The van der Waals surface area contributed by atoms with Gasteiger partial charge in [0.25, 0.3) is 0 Å². The molecule has 47 heavy (non-hydrogen) atoms. The summed E-state index contributed by atoms with van der Waals surface area (Å²) < 4.78 is 9.22. The van der Waals surface area contributed by atoms with Crippen molar-refractivity contribution >= 4 is 46.0 Å². The van der Waals surface area contributed by atoms with E-state index in [1.165, 1.54) is 7.11 Å². The number of aromatic hydroxyl groups is 6. The van der Waals surface area contributed by atoms with Crippen molar-refractivity contribution in [2.45, 2.75) is 53.4 Å². The molecule has 0 saturated heterocycles. The molecule has 0 atom stereocenters. The van der Waals surface area contributed by atoms with Gasteiger partial charge in [-0.05, 0) is 47.6 Å². The van der Waals surface area contributed by atoms with Crippen molar-refractivity contribution in [3.8, 4) is 45.6 Å². The quantitative estimate of drug-likeness (QED) is 0.0728. The van der Waals surface area contributed by atoms with Crippen LogP contribution < -0.4 is 0 Å². The molecule has 0 aromatic heterocycles. The lowest BCUT2D eigenvalue weighted by molar-refractivity contribution is -0.138. The molecule has 0 saturated carbocycles. The number of hydrogen-bond acceptors (Lipinski definition) is 11. The first-order chi connectivity index (χ1) is 22.1. The van der Waals surface area contributed by atoms with E-state index in [0.29, 0.717) is 33.0 Å². The Bertz CT molecular complexity index is 2010. The predicted molar refractivity (Wildman–Crippen MR) is 179 cm³/mol. The molecule has 12 heteroatoms. The summed E-state index contributed by atoms with van der Waals surface area (Å²) in [5.41, 5.74) is 1.72. The normalized spacial score (nSPS) is 12.0. The molecule has 1 amide bonds. The van der Waals surface area contributed by atoms with Crippen LogP contribution in [-0.4, -0.2) is 75.9 Å². The van der Waals surface area contributed by atoms with Crippen molar-refractivity contribution in [1.29, 1.82) is 0 Å². The van der Waals surface area contributed by atoms with Crippen molar-refractivity contribution in [1.82, 2.24) is 0 Å². The van der Waals surface area contributed by atoms with E-state index in [2.05, 4.69) is 19.5 Å². The number of carbonyl (C=O) groups excluding carboxylic acids is 2. The van der Waals surface area contributed by atoms with Crippen molar-refractivity contribution in [2.75, 3.05) is 20.8 Å². The second-order valence-corrected chi connectivity index (χ2v) is 11.8. The summed E-state index contributed by atoms with van der Waals surface area (Å²) in [7, 11) is 2.32. The fourth-order valence-corrected chi connectivity index (χ4v) is 6.07. The van der Waals surface area contributed by atoms with E-state index in [0.717, 1.165) is 19.5 Å². The summed E-state index contributed by atoms with van der Waals surface area (Å²) in [6.45, 7) is 10.2. The number of nitrogens with zero attached hydrogens (tertiary/aromatic N) is 2. The molecule has 0 spiro atoms. The number of phenols is 6. The molecule has 0 fully saturated rings. The molecule has 4 aromatic rings. The van der Waals surface area contributed by atoms with Gasteiger partial charge in [0.2, 0.25) is 0 Å². The Morgan fingerprint density at radius 2 is 1.11 bits per heavy atom. The fourth-order valence-electron chi connectivity index (χ4n) is 6.07. The van der Waals surface area contributed by atoms with Crippen LogP contribution in [0.1, 0.15) is 72.9 Å². The molecule has 0 aliphatic rings. The van der Waals surface area contributed by atoms with E-state index < -0.39 is 47.4 Å². The van der Waals surface area contributed by atoms with Gasteiger partial charge >= 0.3 is 12.1 Å². The van der Waals surface area contributed by atoms with Crippen LogP contribution in [0.4, 0.5) is 4.79 Å². The standard InChI is InChI=1S/C35H38N2O10/c1-14(2)23-18-9-16(5)25(31(41)27(18)20(29(39)33(23)43)11-36-13-22(38)46-7)26-17(6)10-19-24(15(3)4)34(44)30(40)21(28(19)32(26)42)12-37-35(45)47-8/h9-12,14-15,39-44H,13H2,1-8H3. The SMILES string of the molecule is COC(=O)CN=Cc1c(O)c(O)c(C(C)C)c2cc(C)c(-c3c(C)cc4c(C(C)C)c(O)c(O)c(C=NC(=O)OC)c4c3O)c(O)c12. The minimum atomic E-state index is -0.981. The highest BCUT2D eigenvalue weighted by Crippen LogP contribution is 2.54. The van der Waals surface area contributed by atoms with Gasteiger partial charge in [0.15, 0.2) is 23.0 Å². The smallest absolute Gasteiger partial charge is 0.433 e. The number of aliphatic imine (C=N–C) groups is 2. The molecular weight excluding hydrogens is 608 g/mol. The van der Waals surface area contributed by atoms with Crippen LogP contribution in [-0.2, 0) is 14.3 Å². The maximum Gasteiger partial charge on any atom is 0.433 e. The second-order valence-electron chi connectivity index (χ2n) is 11.8. The largest absolute Gasteiger partial charge is 0.507 e. The second kappa shape index (κ2) is 13.1. The van der Waals surface area contributed by atoms with Gasteiger partial charge in [-0.25, -0.2) is 4.79 Å². The van der Waals surface area contributed by atoms with Gasteiger partial charge in [-0.2, -0.15) is 4.99 Å². The number of esters is 1. The van der Waals surface area contributed by atoms with Crippen LogP contribution in [0.2, 0.25) is 0 Å². The molecule has 4 aromatic carbocycles. The first kappa shape index (κ1) is 34.4. The van der Waals surface area contributed by atoms with Crippen molar-refractivity contribution < 1.29 is 49.7 Å². The Morgan fingerprint density at radius 3 is 1.49 bits per heavy atom. The summed E-state index contributed by atoms with van der Waals surface area (Å²) >= 11 is 0. The van der Waals surface area contributed by atoms with Gasteiger partial charge in [-0.1, -0.05) is 39.8 Å². The van der Waals surface area contributed by atoms with E-state index in [9.17, 15) is 40.2 Å². The summed E-state index contributed by atoms with van der Waals surface area (Å²) in [5.74, 6) is -4.06. The van der Waals surface area contributed by atoms with Crippen LogP contribution in [0.3, 0.4) is 0 Å². The Hall–Kier alpha value is -5.52. The lowest BCUT2D eigenvalue weighted by Crippen LogP contribution is -2.05. The number of benzene rings is 4. The topological polar surface area (TPSA) is 199 Å². The lowest BCUT2D eigenvalue weighted by atomic mass is 9.83. The molecule has 0 unspecified atom stereocenters. The third-order valence-electron chi connectivity index (χ3n) is 8.13. The predicted octanol–water partition coefficient (Wildman–Crippen LogP) is 6.53. The van der Waals surface area contributed by atoms with E-state index in [-0.39, 0.29) is 50.6 Å². The molecule has 0 radical (unpaired) electrons. The van der Waals surface area contributed by atoms with Crippen molar-refractivity contribution in [3.63, 3.8) is 0 Å². The molecule has 0 heterocycles. The number of methoxy groups -OCH3 is 2. The maximum absolute atomic E-state index is 12.0. The molecule has 12 nitrogen and oxygen atoms in total. The Balaban J connectivity index is 2.23. The first-order valence-corrected chi connectivity index (χ1v) is 14.8. The zero-order chi connectivity index (χ0) is 35.1. The van der Waals surface area contributed by atoms with Crippen LogP contribution in [0.5, 0.6) is 34.5 Å². The summed E-state index contributed by atoms with van der Waals surface area (Å²) in [4.78, 5) is 31.3. The van der Waals surface area contributed by atoms with Gasteiger partial charge in [-0.15, -0.1) is 0 Å². The average molecular weight is 647 g/mol. The van der Waals surface area contributed by atoms with Gasteiger partial charge in [0, 0.05) is 51.0 Å². The lowest BCUT2D eigenvalue weighted by Gasteiger charge is -2.23. The van der Waals surface area contributed by atoms with E-state index in [1.807, 2.05) is 13.8 Å². The van der Waals surface area contributed by atoms with Crippen molar-refractivity contribution in [3.05, 3.63) is 45.5 Å². The molecular formula is C35H38N2O10. The number of ether oxygens (including phenoxy) is 2. The maximum atomic E-state index is 12.0. The number of phenolic OH excluding ortho intramolecular Hbond substituents is 6. The van der Waals surface area contributed by atoms with Crippen molar-refractivity contribution in [2.24, 2.45) is 9.98 Å². The summed E-state index contributed by atoms with van der Waals surface area (Å²) in [5, 5.41) is 69.2. The zero-order valence-corrected chi connectivity index (χ0v) is 27.4. The van der Waals surface area contributed by atoms with Crippen LogP contribution in [0, 0.1) is 13.8 Å². The molecule has 4 rings (SSSR count). The highest BCUT2D eigenvalue weighted by molar-refractivity contribution is 6.15. The Kier molecular flexibility index (Phi) is 9.55. The minimum Gasteiger partial charge on any atom is -0.507 e. The van der Waals surface area contributed by atoms with E-state index in [1.54, 1.807) is 39.8 Å². The van der Waals surface area contributed by atoms with Crippen LogP contribution >= 0.6 is 0 Å². The Morgan fingerprint density at radius 1 is 0.681 bits per heavy atom. The number of hydrogen-bond donors (Lipinski definition) is 6. The van der Waals surface area contributed by atoms with E-state index in [4.69, 9.17) is 0 Å². The fraction of sp³-hybridized carbons (Fsp3) is 0.314. The molecule has 248 valence electrons. The third-order valence-corrected chi connectivity index (χ3v) is 8.13. The molecule has 6 N–H and O–H groups in total.